The van der Waals surface area contributed by atoms with Gasteiger partial charge in [0.05, 0.1) is 6.20 Å². The topological polar surface area (TPSA) is 64.7 Å². The first-order chi connectivity index (χ1) is 6.77. The maximum atomic E-state index is 5.36. The lowest BCUT2D eigenvalue weighted by molar-refractivity contribution is 0.991. The molecule has 2 N–H and O–H groups in total. The largest absolute Gasteiger partial charge is 0.366 e. The van der Waals surface area contributed by atoms with Crippen LogP contribution in [0.1, 0.15) is 5.56 Å². The molecule has 0 radical (unpaired) electrons. The molecule has 4 nitrogen and oxygen atoms in total. The summed E-state index contributed by atoms with van der Waals surface area (Å²) in [6.45, 7) is 2.02. The molecular weight excluding hydrogens is 176 g/mol. The summed E-state index contributed by atoms with van der Waals surface area (Å²) in [4.78, 5) is 3.90. The fourth-order valence-electron chi connectivity index (χ4n) is 1.27. The first kappa shape index (κ1) is 8.62. The minimum atomic E-state index is 0.197. The molecule has 0 fully saturated rings. The van der Waals surface area contributed by atoms with Crippen LogP contribution in [-0.4, -0.2) is 15.2 Å². The van der Waals surface area contributed by atoms with Gasteiger partial charge in [0.15, 0.2) is 0 Å². The van der Waals surface area contributed by atoms with Crippen molar-refractivity contribution in [2.45, 2.75) is 6.92 Å². The average Bonchev–Trinajstić information content (AvgIpc) is 2.20. The summed E-state index contributed by atoms with van der Waals surface area (Å²) in [5.41, 5.74) is 8.29. The molecule has 0 aliphatic rings. The Balaban J connectivity index is 2.50. The SMILES string of the molecule is Cc1ccccc1-c1cnc(N)nn1. The van der Waals surface area contributed by atoms with Gasteiger partial charge in [0.2, 0.25) is 5.95 Å². The summed E-state index contributed by atoms with van der Waals surface area (Å²) in [5.74, 6) is 0.197. The lowest BCUT2D eigenvalue weighted by Gasteiger charge is -2.02. The van der Waals surface area contributed by atoms with Gasteiger partial charge in [0.1, 0.15) is 5.69 Å². The van der Waals surface area contributed by atoms with Gasteiger partial charge in [-0.25, -0.2) is 4.98 Å². The van der Waals surface area contributed by atoms with Crippen molar-refractivity contribution >= 4 is 5.95 Å². The Morgan fingerprint density at radius 2 is 1.93 bits per heavy atom. The number of aromatic nitrogens is 3. The molecule has 2 aromatic rings. The first-order valence-corrected chi connectivity index (χ1v) is 4.28. The lowest BCUT2D eigenvalue weighted by atomic mass is 10.1. The molecule has 1 heterocycles. The van der Waals surface area contributed by atoms with Crippen molar-refractivity contribution in [3.05, 3.63) is 36.0 Å². The van der Waals surface area contributed by atoms with Crippen LogP contribution in [0.3, 0.4) is 0 Å². The zero-order valence-electron chi connectivity index (χ0n) is 7.81. The van der Waals surface area contributed by atoms with Crippen LogP contribution in [0.25, 0.3) is 11.3 Å². The zero-order valence-corrected chi connectivity index (χ0v) is 7.81. The van der Waals surface area contributed by atoms with E-state index in [0.29, 0.717) is 0 Å². The highest BCUT2D eigenvalue weighted by Gasteiger charge is 2.02. The molecule has 0 amide bonds. The van der Waals surface area contributed by atoms with Crippen LogP contribution in [0, 0.1) is 6.92 Å². The second kappa shape index (κ2) is 3.41. The molecule has 70 valence electrons. The highest BCUT2D eigenvalue weighted by Crippen LogP contribution is 2.19. The zero-order chi connectivity index (χ0) is 9.97. The van der Waals surface area contributed by atoms with E-state index in [1.54, 1.807) is 6.20 Å². The Morgan fingerprint density at radius 1 is 1.14 bits per heavy atom. The molecule has 0 saturated heterocycles. The Labute approximate surface area is 81.8 Å². The number of nitrogen functional groups attached to an aromatic ring is 1. The minimum Gasteiger partial charge on any atom is -0.366 e. The Morgan fingerprint density at radius 3 is 2.57 bits per heavy atom. The summed E-state index contributed by atoms with van der Waals surface area (Å²) in [6, 6.07) is 7.95. The van der Waals surface area contributed by atoms with Gasteiger partial charge in [-0.05, 0) is 12.5 Å². The van der Waals surface area contributed by atoms with E-state index in [-0.39, 0.29) is 5.95 Å². The van der Waals surface area contributed by atoms with Crippen LogP contribution in [0.5, 0.6) is 0 Å². The minimum absolute atomic E-state index is 0.197. The van der Waals surface area contributed by atoms with Crippen LogP contribution in [0.15, 0.2) is 30.5 Å². The number of nitrogens with zero attached hydrogens (tertiary/aromatic N) is 3. The molecule has 0 saturated carbocycles. The number of aryl methyl sites for hydroxylation is 1. The molecular formula is C10H10N4. The summed E-state index contributed by atoms with van der Waals surface area (Å²) in [7, 11) is 0. The monoisotopic (exact) mass is 186 g/mol. The lowest BCUT2D eigenvalue weighted by Crippen LogP contribution is -1.98. The number of hydrogen-bond donors (Lipinski definition) is 1. The van der Waals surface area contributed by atoms with Crippen LogP contribution < -0.4 is 5.73 Å². The number of hydrogen-bond acceptors (Lipinski definition) is 4. The second-order valence-electron chi connectivity index (χ2n) is 3.02. The van der Waals surface area contributed by atoms with Gasteiger partial charge in [0.25, 0.3) is 0 Å². The third-order valence-electron chi connectivity index (χ3n) is 2.00. The van der Waals surface area contributed by atoms with Gasteiger partial charge >= 0.3 is 0 Å². The van der Waals surface area contributed by atoms with E-state index >= 15 is 0 Å². The Kier molecular flexibility index (Phi) is 2.10. The average molecular weight is 186 g/mol. The second-order valence-corrected chi connectivity index (χ2v) is 3.02. The summed E-state index contributed by atoms with van der Waals surface area (Å²) < 4.78 is 0. The maximum absolute atomic E-state index is 5.36. The van der Waals surface area contributed by atoms with E-state index in [0.717, 1.165) is 16.8 Å². The Bertz CT molecular complexity index is 436. The highest BCUT2D eigenvalue weighted by molar-refractivity contribution is 5.61. The number of anilines is 1. The Hall–Kier alpha value is -1.97. The smallest absolute Gasteiger partial charge is 0.240 e. The fraction of sp³-hybridized carbons (Fsp3) is 0.100. The van der Waals surface area contributed by atoms with Crippen LogP contribution >= 0.6 is 0 Å². The van der Waals surface area contributed by atoms with E-state index in [1.807, 2.05) is 31.2 Å². The third-order valence-corrected chi connectivity index (χ3v) is 2.00. The summed E-state index contributed by atoms with van der Waals surface area (Å²) in [6.07, 6.45) is 1.63. The molecule has 2 rings (SSSR count). The molecule has 1 aromatic heterocycles. The van der Waals surface area contributed by atoms with E-state index in [9.17, 15) is 0 Å². The number of nitrogens with two attached hydrogens (primary N) is 1. The van der Waals surface area contributed by atoms with Crippen molar-refractivity contribution in [1.29, 1.82) is 0 Å². The van der Waals surface area contributed by atoms with Crippen molar-refractivity contribution in [2.24, 2.45) is 0 Å². The van der Waals surface area contributed by atoms with Crippen molar-refractivity contribution in [1.82, 2.24) is 15.2 Å². The standard InChI is InChI=1S/C10H10N4/c1-7-4-2-3-5-8(7)9-6-12-10(11)14-13-9/h2-6H,1H3,(H2,11,12,14). The predicted molar refractivity (Wildman–Crippen MR) is 54.4 cm³/mol. The van der Waals surface area contributed by atoms with E-state index in [2.05, 4.69) is 15.2 Å². The highest BCUT2D eigenvalue weighted by atomic mass is 15.2. The molecule has 0 bridgehead atoms. The van der Waals surface area contributed by atoms with Crippen molar-refractivity contribution in [3.8, 4) is 11.3 Å². The van der Waals surface area contributed by atoms with Crippen molar-refractivity contribution in [3.63, 3.8) is 0 Å². The molecule has 4 heteroatoms. The van der Waals surface area contributed by atoms with Crippen LogP contribution in [0.4, 0.5) is 5.95 Å². The molecule has 0 aliphatic heterocycles. The predicted octanol–water partition coefficient (Wildman–Crippen LogP) is 1.43. The number of rotatable bonds is 1. The molecule has 0 unspecified atom stereocenters. The van der Waals surface area contributed by atoms with Crippen molar-refractivity contribution < 1.29 is 0 Å². The van der Waals surface area contributed by atoms with E-state index in [4.69, 9.17) is 5.73 Å². The van der Waals surface area contributed by atoms with Crippen LogP contribution in [0.2, 0.25) is 0 Å². The number of benzene rings is 1. The van der Waals surface area contributed by atoms with Gasteiger partial charge in [-0.1, -0.05) is 24.3 Å². The molecule has 1 aromatic carbocycles. The molecule has 0 spiro atoms. The summed E-state index contributed by atoms with van der Waals surface area (Å²) in [5, 5.41) is 7.69. The van der Waals surface area contributed by atoms with Gasteiger partial charge < -0.3 is 5.73 Å². The van der Waals surface area contributed by atoms with Gasteiger partial charge in [0, 0.05) is 5.56 Å². The normalized spacial score (nSPS) is 10.1. The fourth-order valence-corrected chi connectivity index (χ4v) is 1.27. The van der Waals surface area contributed by atoms with Crippen LogP contribution in [-0.2, 0) is 0 Å². The van der Waals surface area contributed by atoms with Gasteiger partial charge in [-0.2, -0.15) is 0 Å². The summed E-state index contributed by atoms with van der Waals surface area (Å²) >= 11 is 0. The van der Waals surface area contributed by atoms with E-state index in [1.165, 1.54) is 0 Å². The quantitative estimate of drug-likeness (QED) is 0.731. The first-order valence-electron chi connectivity index (χ1n) is 4.28. The van der Waals surface area contributed by atoms with E-state index < -0.39 is 0 Å². The third kappa shape index (κ3) is 1.54. The van der Waals surface area contributed by atoms with Gasteiger partial charge in [-0.15, -0.1) is 10.2 Å². The molecule has 14 heavy (non-hydrogen) atoms. The molecule has 0 atom stereocenters. The molecule has 0 aliphatic carbocycles. The maximum Gasteiger partial charge on any atom is 0.240 e. The van der Waals surface area contributed by atoms with Crippen molar-refractivity contribution in [2.75, 3.05) is 5.73 Å². The van der Waals surface area contributed by atoms with Gasteiger partial charge in [-0.3, -0.25) is 0 Å².